The predicted molar refractivity (Wildman–Crippen MR) is 138 cm³/mol. The Balaban J connectivity index is 1.31. The van der Waals surface area contributed by atoms with E-state index in [2.05, 4.69) is 0 Å². The molecule has 0 amide bonds. The first-order chi connectivity index (χ1) is 18.8. The van der Waals surface area contributed by atoms with Crippen LogP contribution in [0, 0.1) is 17.7 Å². The van der Waals surface area contributed by atoms with Gasteiger partial charge in [0, 0.05) is 23.0 Å². The highest BCUT2D eigenvalue weighted by Crippen LogP contribution is 2.63. The molecule has 1 aromatic heterocycles. The minimum absolute atomic E-state index is 0.0113. The first kappa shape index (κ1) is 26.7. The van der Waals surface area contributed by atoms with Crippen LogP contribution in [0.2, 0.25) is 0 Å². The summed E-state index contributed by atoms with van der Waals surface area (Å²) in [6.07, 6.45) is -4.53. The number of aromatic nitrogens is 1. The standard InChI is InChI=1S/C31H29F4NO4/c1-30(2,3)28-24-16(10-20-25(24)26(20)29(37)38)13-23(36-28)40-14-17-11-19-15(12-22(17)32)8-9-39-27(19)18-6-4-5-7-21(18)31(33,34)35/h4-7,11-13,20,25-27H,8-10,14H2,1-3H3,(H,37,38)/t20-,25-,26+,27?/m1/s1. The summed E-state index contributed by atoms with van der Waals surface area (Å²) in [5.41, 5.74) is 2.89. The number of aliphatic carboxylic acids is 1. The van der Waals surface area contributed by atoms with E-state index >= 15 is 4.39 Å². The van der Waals surface area contributed by atoms with Crippen LogP contribution in [-0.2, 0) is 40.6 Å². The molecule has 2 aromatic carbocycles. The summed E-state index contributed by atoms with van der Waals surface area (Å²) in [5, 5.41) is 9.55. The second-order valence-corrected chi connectivity index (χ2v) is 11.9. The van der Waals surface area contributed by atoms with Crippen molar-refractivity contribution in [3.05, 3.63) is 92.9 Å². The maximum atomic E-state index is 15.2. The number of halogens is 4. The number of carbonyl (C=O) groups is 1. The van der Waals surface area contributed by atoms with Crippen molar-refractivity contribution in [1.29, 1.82) is 0 Å². The number of carboxylic acids is 1. The lowest BCUT2D eigenvalue weighted by Gasteiger charge is -2.29. The van der Waals surface area contributed by atoms with Crippen LogP contribution >= 0.6 is 0 Å². The van der Waals surface area contributed by atoms with Crippen LogP contribution in [0.4, 0.5) is 17.6 Å². The number of benzene rings is 2. The van der Waals surface area contributed by atoms with Crippen molar-refractivity contribution in [3.8, 4) is 5.88 Å². The van der Waals surface area contributed by atoms with Crippen molar-refractivity contribution in [1.82, 2.24) is 4.98 Å². The van der Waals surface area contributed by atoms with E-state index in [0.717, 1.165) is 22.9 Å². The maximum absolute atomic E-state index is 15.2. The lowest BCUT2D eigenvalue weighted by molar-refractivity contribution is -0.140. The Hall–Kier alpha value is -3.46. The molecular formula is C31H29F4NO4. The average molecular weight is 556 g/mol. The number of ether oxygens (including phenoxy) is 2. The van der Waals surface area contributed by atoms with Gasteiger partial charge in [-0.05, 0) is 64.8 Å². The molecule has 0 spiro atoms. The van der Waals surface area contributed by atoms with Gasteiger partial charge in [0.15, 0.2) is 0 Å². The molecule has 2 aliphatic carbocycles. The zero-order valence-electron chi connectivity index (χ0n) is 22.3. The number of rotatable bonds is 5. The van der Waals surface area contributed by atoms with E-state index < -0.39 is 29.6 Å². The van der Waals surface area contributed by atoms with Gasteiger partial charge in [0.1, 0.15) is 18.5 Å². The molecule has 0 saturated heterocycles. The van der Waals surface area contributed by atoms with E-state index in [9.17, 15) is 23.1 Å². The topological polar surface area (TPSA) is 68.7 Å². The third kappa shape index (κ3) is 4.54. The van der Waals surface area contributed by atoms with Gasteiger partial charge in [-0.3, -0.25) is 4.79 Å². The van der Waals surface area contributed by atoms with Crippen LogP contribution < -0.4 is 4.74 Å². The molecule has 0 bridgehead atoms. The fourth-order valence-corrected chi connectivity index (χ4v) is 6.40. The highest BCUT2D eigenvalue weighted by Gasteiger charge is 2.61. The fourth-order valence-electron chi connectivity index (χ4n) is 6.40. The molecular weight excluding hydrogens is 526 g/mol. The van der Waals surface area contributed by atoms with Crippen LogP contribution in [0.15, 0.2) is 42.5 Å². The summed E-state index contributed by atoms with van der Waals surface area (Å²) in [7, 11) is 0. The minimum Gasteiger partial charge on any atom is -0.481 e. The Labute approximate surface area is 229 Å². The molecule has 40 heavy (non-hydrogen) atoms. The summed E-state index contributed by atoms with van der Waals surface area (Å²) in [6.45, 7) is 6.03. The summed E-state index contributed by atoms with van der Waals surface area (Å²) in [5.74, 6) is -1.36. The van der Waals surface area contributed by atoms with E-state index in [-0.39, 0.29) is 47.5 Å². The molecule has 1 N–H and O–H groups in total. The first-order valence-electron chi connectivity index (χ1n) is 13.3. The molecule has 1 aliphatic heterocycles. The van der Waals surface area contributed by atoms with Crippen molar-refractivity contribution in [2.75, 3.05) is 6.61 Å². The number of hydrogen-bond acceptors (Lipinski definition) is 4. The molecule has 4 atom stereocenters. The molecule has 9 heteroatoms. The zero-order valence-corrected chi connectivity index (χ0v) is 22.3. The molecule has 1 unspecified atom stereocenters. The van der Waals surface area contributed by atoms with Crippen molar-refractivity contribution in [3.63, 3.8) is 0 Å². The quantitative estimate of drug-likeness (QED) is 0.353. The lowest BCUT2D eigenvalue weighted by Crippen LogP contribution is -2.22. The third-order valence-electron chi connectivity index (χ3n) is 8.24. The molecule has 3 aliphatic rings. The Morgan fingerprint density at radius 3 is 2.55 bits per heavy atom. The molecule has 3 aromatic rings. The molecule has 1 fully saturated rings. The van der Waals surface area contributed by atoms with Crippen molar-refractivity contribution >= 4 is 5.97 Å². The Kier molecular flexibility index (Phi) is 6.22. The number of alkyl halides is 3. The van der Waals surface area contributed by atoms with Gasteiger partial charge in [-0.25, -0.2) is 9.37 Å². The van der Waals surface area contributed by atoms with Gasteiger partial charge >= 0.3 is 12.1 Å². The van der Waals surface area contributed by atoms with E-state index in [1.807, 2.05) is 20.8 Å². The summed E-state index contributed by atoms with van der Waals surface area (Å²) in [6, 6.07) is 9.98. The maximum Gasteiger partial charge on any atom is 0.416 e. The van der Waals surface area contributed by atoms with Crippen molar-refractivity contribution in [2.24, 2.45) is 11.8 Å². The second kappa shape index (κ2) is 9.29. The van der Waals surface area contributed by atoms with Crippen LogP contribution in [0.5, 0.6) is 5.88 Å². The van der Waals surface area contributed by atoms with Gasteiger partial charge < -0.3 is 14.6 Å². The van der Waals surface area contributed by atoms with E-state index in [0.29, 0.717) is 29.8 Å². The molecule has 6 rings (SSSR count). The normalized spacial score (nSPS) is 23.3. The van der Waals surface area contributed by atoms with Gasteiger partial charge in [0.05, 0.1) is 23.8 Å². The average Bonchev–Trinajstić information content (AvgIpc) is 3.47. The fraction of sp³-hybridized carbons (Fsp3) is 0.419. The Bertz CT molecular complexity index is 1510. The van der Waals surface area contributed by atoms with E-state index in [1.165, 1.54) is 30.3 Å². The molecule has 210 valence electrons. The van der Waals surface area contributed by atoms with Crippen LogP contribution in [0.1, 0.15) is 77.4 Å². The number of nitrogens with zero attached hydrogens (tertiary/aromatic N) is 1. The third-order valence-corrected chi connectivity index (χ3v) is 8.24. The van der Waals surface area contributed by atoms with Crippen LogP contribution in [0.25, 0.3) is 0 Å². The largest absolute Gasteiger partial charge is 0.481 e. The van der Waals surface area contributed by atoms with Gasteiger partial charge in [0.25, 0.3) is 0 Å². The summed E-state index contributed by atoms with van der Waals surface area (Å²) in [4.78, 5) is 16.4. The molecule has 5 nitrogen and oxygen atoms in total. The SMILES string of the molecule is CC(C)(C)c1nc(OCc2cc3c(cc2F)CCOC3c2ccccc2C(F)(F)F)cc2c1[C@H]1[C@@H](C2)[C@@H]1C(=O)O. The zero-order chi connectivity index (χ0) is 28.6. The monoisotopic (exact) mass is 555 g/mol. The summed E-state index contributed by atoms with van der Waals surface area (Å²) >= 11 is 0. The number of fused-ring (bicyclic) bond motifs is 4. The van der Waals surface area contributed by atoms with Gasteiger partial charge in [-0.2, -0.15) is 13.2 Å². The minimum atomic E-state index is -4.56. The van der Waals surface area contributed by atoms with Gasteiger partial charge in [-0.1, -0.05) is 39.0 Å². The first-order valence-corrected chi connectivity index (χ1v) is 13.3. The highest BCUT2D eigenvalue weighted by molar-refractivity contribution is 5.78. The molecule has 1 saturated carbocycles. The van der Waals surface area contributed by atoms with Crippen molar-refractivity contribution in [2.45, 2.75) is 63.8 Å². The van der Waals surface area contributed by atoms with E-state index in [4.69, 9.17) is 14.5 Å². The highest BCUT2D eigenvalue weighted by atomic mass is 19.4. The van der Waals surface area contributed by atoms with Gasteiger partial charge in [0.2, 0.25) is 5.88 Å². The van der Waals surface area contributed by atoms with Gasteiger partial charge in [-0.15, -0.1) is 0 Å². The predicted octanol–water partition coefficient (Wildman–Crippen LogP) is 6.75. The summed E-state index contributed by atoms with van der Waals surface area (Å²) < 4.78 is 68.2. The number of carboxylic acid groups (broad SMARTS) is 1. The van der Waals surface area contributed by atoms with E-state index in [1.54, 1.807) is 6.07 Å². The Morgan fingerprint density at radius 1 is 1.10 bits per heavy atom. The van der Waals surface area contributed by atoms with Crippen molar-refractivity contribution < 1.29 is 36.9 Å². The van der Waals surface area contributed by atoms with Crippen LogP contribution in [-0.4, -0.2) is 22.7 Å². The molecule has 2 heterocycles. The van der Waals surface area contributed by atoms with Crippen LogP contribution in [0.3, 0.4) is 0 Å². The second-order valence-electron chi connectivity index (χ2n) is 11.9. The smallest absolute Gasteiger partial charge is 0.416 e. The number of hydrogen-bond donors (Lipinski definition) is 1. The lowest BCUT2D eigenvalue weighted by atomic mass is 9.85. The Morgan fingerprint density at radius 2 is 1.85 bits per heavy atom. The molecule has 0 radical (unpaired) electrons. The number of pyridine rings is 1.